The van der Waals surface area contributed by atoms with E-state index in [-0.39, 0.29) is 17.0 Å². The summed E-state index contributed by atoms with van der Waals surface area (Å²) in [5.74, 6) is 0. The van der Waals surface area contributed by atoms with Gasteiger partial charge in [-0.1, -0.05) is 78.9 Å². The normalized spacial score (nSPS) is 10.2. The molecule has 0 heterocycles. The van der Waals surface area contributed by atoms with Gasteiger partial charge in [-0.3, -0.25) is 0 Å². The Labute approximate surface area is 150 Å². The van der Waals surface area contributed by atoms with Crippen molar-refractivity contribution in [2.45, 2.75) is 0 Å². The third kappa shape index (κ3) is 4.02. The Morgan fingerprint density at radius 2 is 1.04 bits per heavy atom. The molecule has 0 aliphatic carbocycles. The molecule has 0 aromatic heterocycles. The largest absolute Gasteiger partial charge is 0.377 e. The molecule has 0 atom stereocenters. The first kappa shape index (κ1) is 17.7. The molecule has 23 heavy (non-hydrogen) atoms. The molecule has 0 saturated heterocycles. The van der Waals surface area contributed by atoms with E-state index in [9.17, 15) is 0 Å². The second-order valence-corrected chi connectivity index (χ2v) is 7.58. The number of anilines is 1. The SMILES string of the molecule is Br.CN(C)c1ccccc1P(c1ccccc1)c1ccccc1. The Balaban J connectivity index is 0.00000192. The van der Waals surface area contributed by atoms with Crippen LogP contribution < -0.4 is 20.8 Å². The molecule has 0 fully saturated rings. The van der Waals surface area contributed by atoms with Crippen LogP contribution in [-0.4, -0.2) is 14.1 Å². The minimum atomic E-state index is -0.541. The minimum Gasteiger partial charge on any atom is -0.377 e. The van der Waals surface area contributed by atoms with Gasteiger partial charge in [-0.05, 0) is 24.6 Å². The number of para-hydroxylation sites is 1. The highest BCUT2D eigenvalue weighted by atomic mass is 79.9. The molecule has 0 unspecified atom stereocenters. The van der Waals surface area contributed by atoms with E-state index in [2.05, 4.69) is 104 Å². The van der Waals surface area contributed by atoms with Crippen molar-refractivity contribution in [2.75, 3.05) is 19.0 Å². The molecule has 118 valence electrons. The molecule has 3 aromatic rings. The second-order valence-electron chi connectivity index (χ2n) is 5.39. The van der Waals surface area contributed by atoms with Crippen LogP contribution in [0.3, 0.4) is 0 Å². The standard InChI is InChI=1S/C20H20NP.BrH/c1-21(2)19-15-9-10-16-20(19)22(17-11-5-3-6-12-17)18-13-7-4-8-14-18;/h3-16H,1-2H3;1H. The van der Waals surface area contributed by atoms with Crippen LogP contribution in [0.2, 0.25) is 0 Å². The number of halogens is 1. The molecule has 3 aromatic carbocycles. The van der Waals surface area contributed by atoms with Gasteiger partial charge in [0.2, 0.25) is 0 Å². The van der Waals surface area contributed by atoms with E-state index in [0.29, 0.717) is 0 Å². The molecule has 0 spiro atoms. The van der Waals surface area contributed by atoms with Crippen LogP contribution >= 0.6 is 24.9 Å². The smallest absolute Gasteiger partial charge is 0.0445 e. The Kier molecular flexibility index (Phi) is 6.38. The summed E-state index contributed by atoms with van der Waals surface area (Å²) in [4.78, 5) is 2.20. The average molecular weight is 386 g/mol. The Morgan fingerprint density at radius 1 is 0.609 bits per heavy atom. The molecular weight excluding hydrogens is 365 g/mol. The monoisotopic (exact) mass is 385 g/mol. The van der Waals surface area contributed by atoms with Crippen LogP contribution in [0.5, 0.6) is 0 Å². The Hall–Kier alpha value is -1.63. The van der Waals surface area contributed by atoms with Gasteiger partial charge in [0.15, 0.2) is 0 Å². The van der Waals surface area contributed by atoms with E-state index in [4.69, 9.17) is 0 Å². The van der Waals surface area contributed by atoms with Gasteiger partial charge < -0.3 is 4.90 Å². The van der Waals surface area contributed by atoms with Crippen molar-refractivity contribution in [1.82, 2.24) is 0 Å². The summed E-state index contributed by atoms with van der Waals surface area (Å²) in [7, 11) is 3.69. The molecule has 0 aliphatic heterocycles. The van der Waals surface area contributed by atoms with Crippen molar-refractivity contribution in [3.8, 4) is 0 Å². The minimum absolute atomic E-state index is 0. The van der Waals surface area contributed by atoms with E-state index in [1.54, 1.807) is 0 Å². The zero-order valence-electron chi connectivity index (χ0n) is 13.4. The molecule has 1 nitrogen and oxygen atoms in total. The van der Waals surface area contributed by atoms with Crippen LogP contribution in [-0.2, 0) is 0 Å². The van der Waals surface area contributed by atoms with Gasteiger partial charge in [-0.25, -0.2) is 0 Å². The summed E-state index contributed by atoms with van der Waals surface area (Å²) in [5, 5.41) is 4.18. The van der Waals surface area contributed by atoms with Gasteiger partial charge in [-0.2, -0.15) is 0 Å². The topological polar surface area (TPSA) is 3.24 Å². The third-order valence-corrected chi connectivity index (χ3v) is 6.12. The Bertz CT molecular complexity index is 689. The van der Waals surface area contributed by atoms with Crippen molar-refractivity contribution in [2.24, 2.45) is 0 Å². The molecule has 0 amide bonds. The number of nitrogens with zero attached hydrogens (tertiary/aromatic N) is 1. The summed E-state index contributed by atoms with van der Waals surface area (Å²) in [6, 6.07) is 30.4. The first-order valence-electron chi connectivity index (χ1n) is 7.44. The molecular formula is C20H21BrNP. The van der Waals surface area contributed by atoms with Crippen LogP contribution in [0.15, 0.2) is 84.9 Å². The van der Waals surface area contributed by atoms with E-state index in [0.717, 1.165) is 0 Å². The predicted octanol–water partition coefficient (Wildman–Crippen LogP) is 4.09. The predicted molar refractivity (Wildman–Crippen MR) is 110 cm³/mol. The first-order valence-corrected chi connectivity index (χ1v) is 8.78. The lowest BCUT2D eigenvalue weighted by Gasteiger charge is -2.25. The molecule has 3 heteroatoms. The summed E-state index contributed by atoms with van der Waals surface area (Å²) in [5.41, 5.74) is 1.29. The van der Waals surface area contributed by atoms with Crippen LogP contribution in [0.4, 0.5) is 5.69 Å². The summed E-state index contributed by atoms with van der Waals surface area (Å²) < 4.78 is 0. The molecule has 3 rings (SSSR count). The fraction of sp³-hybridized carbons (Fsp3) is 0.100. The fourth-order valence-corrected chi connectivity index (χ4v) is 5.15. The Morgan fingerprint density at radius 3 is 1.52 bits per heavy atom. The number of benzene rings is 3. The van der Waals surface area contributed by atoms with Gasteiger partial charge in [0.1, 0.15) is 0 Å². The van der Waals surface area contributed by atoms with E-state index in [1.165, 1.54) is 21.6 Å². The van der Waals surface area contributed by atoms with Crippen LogP contribution in [0, 0.1) is 0 Å². The lowest BCUT2D eigenvalue weighted by molar-refractivity contribution is 1.14. The summed E-state index contributed by atoms with van der Waals surface area (Å²) in [6.07, 6.45) is 0. The van der Waals surface area contributed by atoms with E-state index in [1.807, 2.05) is 0 Å². The molecule has 0 bridgehead atoms. The number of hydrogen-bond donors (Lipinski definition) is 0. The van der Waals surface area contributed by atoms with Crippen molar-refractivity contribution < 1.29 is 0 Å². The number of hydrogen-bond acceptors (Lipinski definition) is 1. The second kappa shape index (κ2) is 8.29. The van der Waals surface area contributed by atoms with Crippen molar-refractivity contribution >= 4 is 46.5 Å². The summed E-state index contributed by atoms with van der Waals surface area (Å²) >= 11 is 0. The molecule has 0 N–H and O–H groups in total. The zero-order valence-corrected chi connectivity index (χ0v) is 16.0. The number of rotatable bonds is 4. The average Bonchev–Trinajstić information content (AvgIpc) is 2.57. The zero-order chi connectivity index (χ0) is 15.4. The van der Waals surface area contributed by atoms with Gasteiger partial charge in [-0.15, -0.1) is 17.0 Å². The van der Waals surface area contributed by atoms with Gasteiger partial charge in [0.25, 0.3) is 0 Å². The van der Waals surface area contributed by atoms with Crippen molar-refractivity contribution in [3.63, 3.8) is 0 Å². The third-order valence-electron chi connectivity index (χ3n) is 3.63. The first-order chi connectivity index (χ1) is 10.8. The molecule has 0 saturated carbocycles. The maximum atomic E-state index is 2.26. The van der Waals surface area contributed by atoms with Crippen LogP contribution in [0.1, 0.15) is 0 Å². The fourth-order valence-electron chi connectivity index (χ4n) is 2.61. The summed E-state index contributed by atoms with van der Waals surface area (Å²) in [6.45, 7) is 0. The van der Waals surface area contributed by atoms with Gasteiger partial charge in [0.05, 0.1) is 0 Å². The quantitative estimate of drug-likeness (QED) is 0.611. The lowest BCUT2D eigenvalue weighted by atomic mass is 10.3. The van der Waals surface area contributed by atoms with Crippen LogP contribution in [0.25, 0.3) is 0 Å². The molecule has 0 aliphatic rings. The van der Waals surface area contributed by atoms with E-state index >= 15 is 0 Å². The van der Waals surface area contributed by atoms with Crippen molar-refractivity contribution in [3.05, 3.63) is 84.9 Å². The highest BCUT2D eigenvalue weighted by molar-refractivity contribution is 8.93. The maximum absolute atomic E-state index is 2.26. The highest BCUT2D eigenvalue weighted by Gasteiger charge is 2.19. The van der Waals surface area contributed by atoms with Gasteiger partial charge in [0, 0.05) is 25.1 Å². The maximum Gasteiger partial charge on any atom is 0.0445 e. The van der Waals surface area contributed by atoms with Gasteiger partial charge >= 0.3 is 0 Å². The molecule has 0 radical (unpaired) electrons. The highest BCUT2D eigenvalue weighted by Crippen LogP contribution is 2.36. The van der Waals surface area contributed by atoms with Crippen molar-refractivity contribution in [1.29, 1.82) is 0 Å². The van der Waals surface area contributed by atoms with E-state index < -0.39 is 7.92 Å². The lowest BCUT2D eigenvalue weighted by Crippen LogP contribution is -2.25.